The van der Waals surface area contributed by atoms with E-state index in [2.05, 4.69) is 20.4 Å². The summed E-state index contributed by atoms with van der Waals surface area (Å²) in [5, 5.41) is 8.27. The molecule has 1 atom stereocenters. The third kappa shape index (κ3) is 4.79. The minimum Gasteiger partial charge on any atom is -0.351 e. The number of likely N-dealkylation sites (N-methyl/N-ethyl adjacent to an activating group) is 1. The number of hydrogen-bond donors (Lipinski definition) is 1. The van der Waals surface area contributed by atoms with Gasteiger partial charge in [-0.15, -0.1) is 0 Å². The lowest BCUT2D eigenvalue weighted by Gasteiger charge is -2.21. The van der Waals surface area contributed by atoms with Crippen LogP contribution in [0.1, 0.15) is 13.3 Å². The normalized spacial score (nSPS) is 18.3. The molecule has 1 unspecified atom stereocenters. The van der Waals surface area contributed by atoms with Crippen LogP contribution in [0, 0.1) is 0 Å². The van der Waals surface area contributed by atoms with Crippen LogP contribution in [0.3, 0.4) is 0 Å². The summed E-state index contributed by atoms with van der Waals surface area (Å²) < 4.78 is 24.6. The molecule has 152 valence electrons. The fraction of sp³-hybridized carbons (Fsp3) is 0.562. The van der Waals surface area contributed by atoms with E-state index in [0.29, 0.717) is 23.6 Å². The Bertz CT molecular complexity index is 990. The molecule has 28 heavy (non-hydrogen) atoms. The van der Waals surface area contributed by atoms with E-state index in [1.807, 2.05) is 0 Å². The number of sulfone groups is 1. The summed E-state index contributed by atoms with van der Waals surface area (Å²) in [6.07, 6.45) is 3.50. The van der Waals surface area contributed by atoms with Crippen molar-refractivity contribution in [2.45, 2.75) is 24.4 Å². The molecule has 0 radical (unpaired) electrons. The molecule has 1 fully saturated rings. The van der Waals surface area contributed by atoms with Crippen LogP contribution < -0.4 is 5.32 Å². The summed E-state index contributed by atoms with van der Waals surface area (Å²) in [7, 11) is -1.28. The average Bonchev–Trinajstić information content (AvgIpc) is 3.20. The van der Waals surface area contributed by atoms with Gasteiger partial charge in [-0.1, -0.05) is 11.8 Å². The molecular formula is C16H22N6O4S2. The van der Waals surface area contributed by atoms with Crippen molar-refractivity contribution in [3.05, 3.63) is 12.5 Å². The van der Waals surface area contributed by atoms with Gasteiger partial charge in [-0.05, 0) is 13.3 Å². The van der Waals surface area contributed by atoms with E-state index < -0.39 is 9.84 Å². The van der Waals surface area contributed by atoms with Gasteiger partial charge in [0, 0.05) is 19.6 Å². The van der Waals surface area contributed by atoms with E-state index in [-0.39, 0.29) is 41.7 Å². The molecule has 1 aliphatic rings. The highest BCUT2D eigenvalue weighted by molar-refractivity contribution is 8.00. The average molecular weight is 427 g/mol. The molecule has 0 bridgehead atoms. The summed E-state index contributed by atoms with van der Waals surface area (Å²) in [6.45, 7) is 2.07. The second-order valence-electron chi connectivity index (χ2n) is 6.55. The highest BCUT2D eigenvalue weighted by Crippen LogP contribution is 2.24. The Morgan fingerprint density at radius 3 is 2.86 bits per heavy atom. The van der Waals surface area contributed by atoms with E-state index in [1.54, 1.807) is 24.9 Å². The van der Waals surface area contributed by atoms with Gasteiger partial charge in [-0.3, -0.25) is 14.3 Å². The number of carbonyl (C=O) groups excluding carboxylic acids is 2. The second-order valence-corrected chi connectivity index (χ2v) is 9.74. The van der Waals surface area contributed by atoms with Gasteiger partial charge >= 0.3 is 0 Å². The maximum Gasteiger partial charge on any atom is 0.239 e. The number of fused-ring (bicyclic) bond motifs is 1. The first-order chi connectivity index (χ1) is 13.3. The number of rotatable bonds is 7. The van der Waals surface area contributed by atoms with Crippen molar-refractivity contribution in [1.29, 1.82) is 0 Å². The van der Waals surface area contributed by atoms with Crippen LogP contribution >= 0.6 is 11.8 Å². The Balaban J connectivity index is 1.55. The topological polar surface area (TPSA) is 127 Å². The van der Waals surface area contributed by atoms with Crippen molar-refractivity contribution < 1.29 is 18.0 Å². The SMILES string of the molecule is CCN(CC(=O)NC1CCS(=O)(=O)C1)C(=O)CSc1ncnc2c1cnn2C. The number of carbonyl (C=O) groups is 2. The van der Waals surface area contributed by atoms with Crippen LogP contribution in [0.25, 0.3) is 11.0 Å². The fourth-order valence-electron chi connectivity index (χ4n) is 3.01. The van der Waals surface area contributed by atoms with Crippen molar-refractivity contribution in [2.75, 3.05) is 30.3 Å². The van der Waals surface area contributed by atoms with E-state index in [4.69, 9.17) is 0 Å². The van der Waals surface area contributed by atoms with Gasteiger partial charge in [0.2, 0.25) is 11.8 Å². The molecule has 0 aliphatic carbocycles. The standard InChI is InChI=1S/C16H22N6O4S2/c1-3-22(7-13(23)20-11-4-5-28(25,26)9-11)14(24)8-27-16-12-6-19-21(2)15(12)17-10-18-16/h6,10-11H,3-5,7-9H2,1-2H3,(H,20,23). The summed E-state index contributed by atoms with van der Waals surface area (Å²) in [4.78, 5) is 34.5. The van der Waals surface area contributed by atoms with Crippen molar-refractivity contribution in [2.24, 2.45) is 7.05 Å². The van der Waals surface area contributed by atoms with Gasteiger partial charge in [0.15, 0.2) is 15.5 Å². The predicted octanol–water partition coefficient (Wildman–Crippen LogP) is -0.393. The van der Waals surface area contributed by atoms with Gasteiger partial charge in [0.05, 0.1) is 35.4 Å². The molecule has 0 aromatic carbocycles. The van der Waals surface area contributed by atoms with Gasteiger partial charge in [0.1, 0.15) is 11.4 Å². The first kappa shape index (κ1) is 20.5. The quantitative estimate of drug-likeness (QED) is 0.468. The Morgan fingerprint density at radius 2 is 2.18 bits per heavy atom. The van der Waals surface area contributed by atoms with Crippen molar-refractivity contribution in [3.8, 4) is 0 Å². The first-order valence-corrected chi connectivity index (χ1v) is 11.6. The molecule has 10 nitrogen and oxygen atoms in total. The summed E-state index contributed by atoms with van der Waals surface area (Å²) in [5.41, 5.74) is 0.684. The molecule has 3 heterocycles. The molecule has 2 aromatic rings. The van der Waals surface area contributed by atoms with Crippen LogP contribution in [0.2, 0.25) is 0 Å². The summed E-state index contributed by atoms with van der Waals surface area (Å²) in [5.74, 6) is -0.368. The molecule has 0 spiro atoms. The number of amides is 2. The van der Waals surface area contributed by atoms with Gasteiger partial charge < -0.3 is 10.2 Å². The van der Waals surface area contributed by atoms with Crippen molar-refractivity contribution in [3.63, 3.8) is 0 Å². The van der Waals surface area contributed by atoms with Crippen LogP contribution in [0.15, 0.2) is 17.6 Å². The van der Waals surface area contributed by atoms with Gasteiger partial charge in [0.25, 0.3) is 0 Å². The zero-order valence-electron chi connectivity index (χ0n) is 15.7. The minimum absolute atomic E-state index is 0.0382. The summed E-state index contributed by atoms with van der Waals surface area (Å²) >= 11 is 1.27. The van der Waals surface area contributed by atoms with Crippen LogP contribution in [-0.4, -0.2) is 81.3 Å². The smallest absolute Gasteiger partial charge is 0.239 e. The molecule has 2 amide bonds. The van der Waals surface area contributed by atoms with E-state index in [0.717, 1.165) is 5.39 Å². The lowest BCUT2D eigenvalue weighted by molar-refractivity contribution is -0.134. The molecule has 1 aliphatic heterocycles. The molecule has 3 rings (SSSR count). The maximum absolute atomic E-state index is 12.5. The highest BCUT2D eigenvalue weighted by Gasteiger charge is 2.29. The van der Waals surface area contributed by atoms with Gasteiger partial charge in [-0.25, -0.2) is 18.4 Å². The lowest BCUT2D eigenvalue weighted by atomic mass is 10.2. The largest absolute Gasteiger partial charge is 0.351 e. The number of nitrogens with one attached hydrogen (secondary N) is 1. The fourth-order valence-corrected chi connectivity index (χ4v) is 5.55. The van der Waals surface area contributed by atoms with Crippen LogP contribution in [0.5, 0.6) is 0 Å². The van der Waals surface area contributed by atoms with E-state index >= 15 is 0 Å². The van der Waals surface area contributed by atoms with E-state index in [9.17, 15) is 18.0 Å². The Kier molecular flexibility index (Phi) is 6.18. The Hall–Kier alpha value is -2.21. The molecule has 1 saturated heterocycles. The van der Waals surface area contributed by atoms with Gasteiger partial charge in [-0.2, -0.15) is 5.10 Å². The predicted molar refractivity (Wildman–Crippen MR) is 104 cm³/mol. The van der Waals surface area contributed by atoms with Crippen molar-refractivity contribution >= 4 is 44.4 Å². The van der Waals surface area contributed by atoms with Crippen molar-refractivity contribution in [1.82, 2.24) is 30.0 Å². The highest BCUT2D eigenvalue weighted by atomic mass is 32.2. The summed E-state index contributed by atoms with van der Waals surface area (Å²) in [6, 6.07) is -0.374. The molecule has 2 aromatic heterocycles. The third-order valence-corrected chi connectivity index (χ3v) is 7.25. The third-order valence-electron chi connectivity index (χ3n) is 4.49. The maximum atomic E-state index is 12.5. The second kappa shape index (κ2) is 8.43. The Labute approximate surface area is 167 Å². The first-order valence-electron chi connectivity index (χ1n) is 8.82. The minimum atomic E-state index is -3.06. The zero-order valence-corrected chi connectivity index (χ0v) is 17.3. The number of thioether (sulfide) groups is 1. The molecule has 0 saturated carbocycles. The molecular weight excluding hydrogens is 404 g/mol. The number of hydrogen-bond acceptors (Lipinski definition) is 8. The molecule has 12 heteroatoms. The van der Waals surface area contributed by atoms with Crippen LogP contribution in [0.4, 0.5) is 0 Å². The number of aryl methyl sites for hydroxylation is 1. The monoisotopic (exact) mass is 426 g/mol. The lowest BCUT2D eigenvalue weighted by Crippen LogP contribution is -2.45. The van der Waals surface area contributed by atoms with Crippen LogP contribution in [-0.2, 0) is 26.5 Å². The zero-order chi connectivity index (χ0) is 20.3. The number of nitrogens with zero attached hydrogens (tertiary/aromatic N) is 5. The van der Waals surface area contributed by atoms with E-state index in [1.165, 1.54) is 23.0 Å². The number of aromatic nitrogens is 4. The molecule has 1 N–H and O–H groups in total. The Morgan fingerprint density at radius 1 is 1.39 bits per heavy atom.